The third-order valence-corrected chi connectivity index (χ3v) is 4.09. The van der Waals surface area contributed by atoms with E-state index in [9.17, 15) is 27.2 Å². The van der Waals surface area contributed by atoms with Gasteiger partial charge in [0.05, 0.1) is 0 Å². The molecule has 2 rings (SSSR count). The second-order valence-electron chi connectivity index (χ2n) is 5.84. The van der Waals surface area contributed by atoms with Crippen molar-refractivity contribution in [1.82, 2.24) is 10.6 Å². The van der Waals surface area contributed by atoms with Crippen LogP contribution in [0.2, 0.25) is 0 Å². The van der Waals surface area contributed by atoms with E-state index in [4.69, 9.17) is 0 Å². The van der Waals surface area contributed by atoms with Crippen molar-refractivity contribution in [2.75, 3.05) is 6.54 Å². The summed E-state index contributed by atoms with van der Waals surface area (Å²) >= 11 is 0. The fraction of sp³-hybridized carbons (Fsp3) is 0.500. The van der Waals surface area contributed by atoms with Crippen LogP contribution in [-0.2, 0) is 16.0 Å². The Bertz CT molecular complexity index is 631. The van der Waals surface area contributed by atoms with E-state index in [0.29, 0.717) is 6.42 Å². The summed E-state index contributed by atoms with van der Waals surface area (Å²) < 4.78 is 50.7. The monoisotopic (exact) mass is 346 g/mol. The highest BCUT2D eigenvalue weighted by Gasteiger charge is 2.45. The third kappa shape index (κ3) is 4.46. The minimum absolute atomic E-state index is 0.141. The molecule has 1 aliphatic rings. The van der Waals surface area contributed by atoms with Crippen molar-refractivity contribution in [3.05, 3.63) is 35.1 Å². The van der Waals surface area contributed by atoms with Gasteiger partial charge in [0, 0.05) is 6.54 Å². The number of rotatable bonds is 4. The van der Waals surface area contributed by atoms with Gasteiger partial charge in [0.15, 0.2) is 0 Å². The van der Waals surface area contributed by atoms with Crippen LogP contribution in [0.4, 0.5) is 17.6 Å². The molecule has 0 aromatic heterocycles. The first kappa shape index (κ1) is 18.2. The van der Waals surface area contributed by atoms with Crippen LogP contribution in [0, 0.1) is 18.7 Å². The summed E-state index contributed by atoms with van der Waals surface area (Å²) in [6.07, 6.45) is -4.52. The van der Waals surface area contributed by atoms with Crippen LogP contribution in [-0.4, -0.2) is 30.6 Å². The number of piperidine rings is 1. The Morgan fingerprint density at radius 1 is 1.33 bits per heavy atom. The molecule has 1 fully saturated rings. The highest BCUT2D eigenvalue weighted by atomic mass is 19.4. The van der Waals surface area contributed by atoms with E-state index in [0.717, 1.165) is 11.1 Å². The van der Waals surface area contributed by atoms with Crippen molar-refractivity contribution in [2.45, 2.75) is 38.4 Å². The number of carbonyl (C=O) groups excluding carboxylic acids is 2. The minimum Gasteiger partial charge on any atom is -0.355 e. The van der Waals surface area contributed by atoms with Crippen molar-refractivity contribution in [2.24, 2.45) is 5.92 Å². The standard InChI is InChI=1S/C16H18F4N2O2/c1-9-8-11(17)3-2-10(9)6-7-21-14(23)12-4-5-13(16(18,19)20)22-15(12)24/h2-3,8,12-13H,4-7H2,1H3,(H,21,23)(H,22,24)/t12-,13+/m1/s1. The topological polar surface area (TPSA) is 58.2 Å². The van der Waals surface area contributed by atoms with Gasteiger partial charge >= 0.3 is 6.18 Å². The van der Waals surface area contributed by atoms with E-state index in [1.54, 1.807) is 13.0 Å². The van der Waals surface area contributed by atoms with E-state index in [2.05, 4.69) is 5.32 Å². The van der Waals surface area contributed by atoms with Gasteiger partial charge in [-0.1, -0.05) is 6.07 Å². The fourth-order valence-corrected chi connectivity index (χ4v) is 2.69. The lowest BCUT2D eigenvalue weighted by atomic mass is 9.92. The van der Waals surface area contributed by atoms with E-state index >= 15 is 0 Å². The fourth-order valence-electron chi connectivity index (χ4n) is 2.69. The largest absolute Gasteiger partial charge is 0.408 e. The summed E-state index contributed by atoms with van der Waals surface area (Å²) in [6.45, 7) is 1.96. The molecule has 0 bridgehead atoms. The summed E-state index contributed by atoms with van der Waals surface area (Å²) in [4.78, 5) is 23.7. The van der Waals surface area contributed by atoms with Gasteiger partial charge in [-0.25, -0.2) is 4.39 Å². The number of alkyl halides is 3. The molecule has 4 nitrogen and oxygen atoms in total. The predicted molar refractivity (Wildman–Crippen MR) is 78.6 cm³/mol. The molecule has 0 aliphatic carbocycles. The third-order valence-electron chi connectivity index (χ3n) is 4.09. The van der Waals surface area contributed by atoms with Gasteiger partial charge in [-0.3, -0.25) is 9.59 Å². The molecule has 0 unspecified atom stereocenters. The van der Waals surface area contributed by atoms with Gasteiger partial charge in [-0.2, -0.15) is 13.2 Å². The van der Waals surface area contributed by atoms with Crippen molar-refractivity contribution in [3.63, 3.8) is 0 Å². The molecular weight excluding hydrogens is 328 g/mol. The molecule has 0 radical (unpaired) electrons. The molecular formula is C16H18F4N2O2. The highest BCUT2D eigenvalue weighted by molar-refractivity contribution is 6.00. The van der Waals surface area contributed by atoms with Crippen LogP contribution in [0.5, 0.6) is 0 Å². The van der Waals surface area contributed by atoms with Crippen molar-refractivity contribution >= 4 is 11.8 Å². The number of aryl methyl sites for hydroxylation is 1. The van der Waals surface area contributed by atoms with Crippen LogP contribution in [0.25, 0.3) is 0 Å². The molecule has 24 heavy (non-hydrogen) atoms. The number of amides is 2. The SMILES string of the molecule is Cc1cc(F)ccc1CCNC(=O)[C@H]1CC[C@@H](C(F)(F)F)NC1=O. The number of benzene rings is 1. The Balaban J connectivity index is 1.84. The molecule has 8 heteroatoms. The van der Waals surface area contributed by atoms with Crippen LogP contribution >= 0.6 is 0 Å². The molecule has 2 amide bonds. The minimum atomic E-state index is -4.50. The lowest BCUT2D eigenvalue weighted by molar-refractivity contribution is -0.171. The van der Waals surface area contributed by atoms with Crippen LogP contribution < -0.4 is 10.6 Å². The molecule has 0 saturated carbocycles. The maximum Gasteiger partial charge on any atom is 0.408 e. The number of nitrogens with one attached hydrogen (secondary N) is 2. The molecule has 1 heterocycles. The molecule has 2 atom stereocenters. The first-order valence-electron chi connectivity index (χ1n) is 7.58. The zero-order valence-electron chi connectivity index (χ0n) is 13.0. The lowest BCUT2D eigenvalue weighted by Crippen LogP contribution is -2.54. The second kappa shape index (κ2) is 7.19. The molecule has 1 saturated heterocycles. The normalized spacial score (nSPS) is 21.3. The number of carbonyl (C=O) groups is 2. The predicted octanol–water partition coefficient (Wildman–Crippen LogP) is 2.25. The Morgan fingerprint density at radius 3 is 2.62 bits per heavy atom. The smallest absolute Gasteiger partial charge is 0.355 e. The Labute approximate surface area is 136 Å². The summed E-state index contributed by atoms with van der Waals surface area (Å²) in [5.41, 5.74) is 1.59. The molecule has 132 valence electrons. The van der Waals surface area contributed by atoms with E-state index in [-0.39, 0.29) is 25.2 Å². The van der Waals surface area contributed by atoms with E-state index in [1.165, 1.54) is 12.1 Å². The lowest BCUT2D eigenvalue weighted by Gasteiger charge is -2.29. The molecule has 2 N–H and O–H groups in total. The molecule has 1 aromatic rings. The first-order valence-corrected chi connectivity index (χ1v) is 7.58. The maximum atomic E-state index is 13.0. The van der Waals surface area contributed by atoms with Gasteiger partial charge in [-0.15, -0.1) is 0 Å². The van der Waals surface area contributed by atoms with Gasteiger partial charge in [0.1, 0.15) is 17.8 Å². The quantitative estimate of drug-likeness (QED) is 0.649. The summed E-state index contributed by atoms with van der Waals surface area (Å²) in [7, 11) is 0. The Kier molecular flexibility index (Phi) is 5.46. The van der Waals surface area contributed by atoms with Crippen LogP contribution in [0.1, 0.15) is 24.0 Å². The van der Waals surface area contributed by atoms with E-state index in [1.807, 2.05) is 5.32 Å². The number of hydrogen-bond donors (Lipinski definition) is 2. The van der Waals surface area contributed by atoms with Crippen molar-refractivity contribution < 1.29 is 27.2 Å². The second-order valence-corrected chi connectivity index (χ2v) is 5.84. The van der Waals surface area contributed by atoms with Crippen molar-refractivity contribution in [3.8, 4) is 0 Å². The van der Waals surface area contributed by atoms with Gasteiger partial charge < -0.3 is 10.6 Å². The summed E-state index contributed by atoms with van der Waals surface area (Å²) in [5.74, 6) is -2.96. The Hall–Kier alpha value is -2.12. The van der Waals surface area contributed by atoms with Gasteiger partial charge in [0.2, 0.25) is 11.8 Å². The zero-order valence-corrected chi connectivity index (χ0v) is 13.0. The zero-order chi connectivity index (χ0) is 17.9. The summed E-state index contributed by atoms with van der Waals surface area (Å²) in [6, 6.07) is 2.41. The highest BCUT2D eigenvalue weighted by Crippen LogP contribution is 2.28. The molecule has 0 spiro atoms. The van der Waals surface area contributed by atoms with Crippen LogP contribution in [0.15, 0.2) is 18.2 Å². The number of halogens is 4. The first-order chi connectivity index (χ1) is 11.2. The average molecular weight is 346 g/mol. The van der Waals surface area contributed by atoms with Crippen molar-refractivity contribution in [1.29, 1.82) is 0 Å². The van der Waals surface area contributed by atoms with E-state index < -0.39 is 30.0 Å². The van der Waals surface area contributed by atoms with Gasteiger partial charge in [0.25, 0.3) is 0 Å². The summed E-state index contributed by atoms with van der Waals surface area (Å²) in [5, 5.41) is 4.40. The van der Waals surface area contributed by atoms with Gasteiger partial charge in [-0.05, 0) is 49.4 Å². The van der Waals surface area contributed by atoms with Crippen LogP contribution in [0.3, 0.4) is 0 Å². The average Bonchev–Trinajstić information content (AvgIpc) is 2.48. The molecule has 1 aliphatic heterocycles. The molecule has 1 aromatic carbocycles. The number of hydrogen-bond acceptors (Lipinski definition) is 2. The Morgan fingerprint density at radius 2 is 2.04 bits per heavy atom. The maximum absolute atomic E-state index is 13.0.